The van der Waals surface area contributed by atoms with Gasteiger partial charge in [-0.25, -0.2) is 10.9 Å². The monoisotopic (exact) mass is 337 g/mol. The first-order chi connectivity index (χ1) is 11.1. The lowest BCUT2D eigenvalue weighted by molar-refractivity contribution is -0.105. The topological polar surface area (TPSA) is 47.5 Å². The molecule has 6 unspecified atom stereocenters. The van der Waals surface area contributed by atoms with Crippen LogP contribution < -0.4 is 10.9 Å². The summed E-state index contributed by atoms with van der Waals surface area (Å²) in [7, 11) is 0. The summed E-state index contributed by atoms with van der Waals surface area (Å²) in [6.45, 7) is 13.9. The Morgan fingerprint density at radius 3 is 1.83 bits per heavy atom. The third-order valence-corrected chi connectivity index (χ3v) is 6.92. The van der Waals surface area contributed by atoms with Gasteiger partial charge in [0, 0.05) is 12.1 Å². The van der Waals surface area contributed by atoms with Gasteiger partial charge in [-0.3, -0.25) is 0 Å². The van der Waals surface area contributed by atoms with E-state index in [4.69, 9.17) is 0 Å². The zero-order valence-corrected chi connectivity index (χ0v) is 16.6. The second-order valence-electron chi connectivity index (χ2n) is 10.7. The normalized spacial score (nSPS) is 42.1. The van der Waals surface area contributed by atoms with Crippen LogP contribution in [0.25, 0.3) is 0 Å². The number of aliphatic hydroxyl groups is 1. The molecule has 0 bridgehead atoms. The number of nitrogens with zero attached hydrogens (tertiary/aromatic N) is 1. The molecule has 1 saturated heterocycles. The molecule has 6 atom stereocenters. The van der Waals surface area contributed by atoms with Gasteiger partial charge in [0.15, 0.2) is 0 Å². The second-order valence-corrected chi connectivity index (χ2v) is 10.7. The van der Waals surface area contributed by atoms with Gasteiger partial charge in [0.25, 0.3) is 0 Å². The molecular weight excluding hydrogens is 298 g/mol. The van der Waals surface area contributed by atoms with Gasteiger partial charge in [-0.15, -0.1) is 0 Å². The minimum Gasteiger partial charge on any atom is -0.391 e. The fraction of sp³-hybridized carbons (Fsp3) is 1.00. The van der Waals surface area contributed by atoms with E-state index >= 15 is 0 Å². The van der Waals surface area contributed by atoms with Crippen LogP contribution in [0, 0.1) is 22.7 Å². The highest BCUT2D eigenvalue weighted by Gasteiger charge is 2.49. The summed E-state index contributed by atoms with van der Waals surface area (Å²) in [6.07, 6.45) is 7.08. The van der Waals surface area contributed by atoms with Crippen molar-refractivity contribution in [3.63, 3.8) is 0 Å². The number of aliphatic hydroxyl groups excluding tert-OH is 1. The van der Waals surface area contributed by atoms with Gasteiger partial charge >= 0.3 is 0 Å². The molecule has 0 spiro atoms. The van der Waals surface area contributed by atoms with Crippen LogP contribution >= 0.6 is 0 Å². The van der Waals surface area contributed by atoms with Crippen molar-refractivity contribution in [2.75, 3.05) is 0 Å². The van der Waals surface area contributed by atoms with Crippen LogP contribution in [0.1, 0.15) is 80.1 Å². The highest BCUT2D eigenvalue weighted by Crippen LogP contribution is 2.47. The van der Waals surface area contributed by atoms with Crippen LogP contribution in [0.15, 0.2) is 0 Å². The number of hydrazine groups is 2. The molecule has 0 aromatic rings. The van der Waals surface area contributed by atoms with Crippen molar-refractivity contribution in [2.24, 2.45) is 22.7 Å². The summed E-state index contributed by atoms with van der Waals surface area (Å²) in [6, 6.07) is 1.26. The van der Waals surface area contributed by atoms with Gasteiger partial charge in [0.2, 0.25) is 0 Å². The van der Waals surface area contributed by atoms with Gasteiger partial charge in [0.05, 0.1) is 12.1 Å². The van der Waals surface area contributed by atoms with Gasteiger partial charge in [-0.1, -0.05) is 54.4 Å². The molecule has 3 N–H and O–H groups in total. The van der Waals surface area contributed by atoms with Gasteiger partial charge in [-0.05, 0) is 48.3 Å². The number of hydrogen-bond donors (Lipinski definition) is 3. The number of fused-ring (bicyclic) bond motifs is 1. The molecule has 1 heterocycles. The minimum absolute atomic E-state index is 0.133. The molecule has 140 valence electrons. The average Bonchev–Trinajstić information content (AvgIpc) is 2.88. The van der Waals surface area contributed by atoms with E-state index in [2.05, 4.69) is 57.5 Å². The first-order valence-electron chi connectivity index (χ1n) is 10.1. The second kappa shape index (κ2) is 6.53. The standard InChI is InChI=1S/C20H39N3O/c1-19(2,3)13-11-14(20(4,5)6)18(24)17(12-13)23-21-15-9-7-8-10-16(15)22-23/h13-18,21-22,24H,7-12H2,1-6H3. The van der Waals surface area contributed by atoms with Crippen molar-refractivity contribution in [3.05, 3.63) is 0 Å². The lowest BCUT2D eigenvalue weighted by Gasteiger charge is -2.50. The van der Waals surface area contributed by atoms with Crippen LogP contribution in [-0.2, 0) is 0 Å². The van der Waals surface area contributed by atoms with Crippen LogP contribution in [0.2, 0.25) is 0 Å². The van der Waals surface area contributed by atoms with E-state index in [1.54, 1.807) is 0 Å². The molecule has 3 rings (SSSR count). The van der Waals surface area contributed by atoms with Gasteiger partial charge in [0.1, 0.15) is 0 Å². The maximum Gasteiger partial charge on any atom is 0.0757 e. The largest absolute Gasteiger partial charge is 0.391 e. The molecule has 0 aromatic heterocycles. The summed E-state index contributed by atoms with van der Waals surface area (Å²) in [5, 5.41) is 13.4. The molecule has 4 nitrogen and oxygen atoms in total. The summed E-state index contributed by atoms with van der Waals surface area (Å²) in [4.78, 5) is 0. The molecule has 2 saturated carbocycles. The number of hydrogen-bond acceptors (Lipinski definition) is 4. The van der Waals surface area contributed by atoms with E-state index < -0.39 is 0 Å². The fourth-order valence-electron chi connectivity index (χ4n) is 5.10. The molecule has 24 heavy (non-hydrogen) atoms. The predicted molar refractivity (Wildman–Crippen MR) is 99.1 cm³/mol. The Kier molecular flexibility index (Phi) is 5.07. The van der Waals surface area contributed by atoms with Crippen molar-refractivity contribution in [1.82, 2.24) is 16.0 Å². The van der Waals surface area contributed by atoms with E-state index in [1.807, 2.05) is 0 Å². The molecule has 2 aliphatic carbocycles. The molecule has 4 heteroatoms. The highest BCUT2D eigenvalue weighted by molar-refractivity contribution is 5.00. The van der Waals surface area contributed by atoms with Crippen LogP contribution in [0.3, 0.4) is 0 Å². The quantitative estimate of drug-likeness (QED) is 0.686. The van der Waals surface area contributed by atoms with Crippen LogP contribution in [-0.4, -0.2) is 34.5 Å². The smallest absolute Gasteiger partial charge is 0.0757 e. The Labute approximate surface area is 148 Å². The Bertz CT molecular complexity index is 425. The third-order valence-electron chi connectivity index (χ3n) is 6.92. The maximum atomic E-state index is 11.2. The number of rotatable bonds is 1. The van der Waals surface area contributed by atoms with Crippen molar-refractivity contribution in [3.8, 4) is 0 Å². The van der Waals surface area contributed by atoms with E-state index in [-0.39, 0.29) is 23.0 Å². The fourth-order valence-corrected chi connectivity index (χ4v) is 5.10. The Balaban J connectivity index is 1.79. The lowest BCUT2D eigenvalue weighted by Crippen LogP contribution is -2.60. The molecule has 3 fully saturated rings. The van der Waals surface area contributed by atoms with E-state index in [0.29, 0.717) is 23.9 Å². The van der Waals surface area contributed by atoms with Crippen molar-refractivity contribution in [2.45, 2.75) is 104 Å². The van der Waals surface area contributed by atoms with Crippen LogP contribution in [0.5, 0.6) is 0 Å². The predicted octanol–water partition coefficient (Wildman–Crippen LogP) is 3.47. The summed E-state index contributed by atoms with van der Waals surface area (Å²) >= 11 is 0. The van der Waals surface area contributed by atoms with Crippen LogP contribution in [0.4, 0.5) is 0 Å². The van der Waals surface area contributed by atoms with Crippen molar-refractivity contribution in [1.29, 1.82) is 0 Å². The Morgan fingerprint density at radius 1 is 0.833 bits per heavy atom. The highest BCUT2D eigenvalue weighted by atomic mass is 16.3. The molecule has 3 aliphatic rings. The molecule has 0 radical (unpaired) electrons. The van der Waals surface area contributed by atoms with E-state index in [0.717, 1.165) is 12.8 Å². The van der Waals surface area contributed by atoms with Crippen molar-refractivity contribution >= 4 is 0 Å². The zero-order chi connectivity index (χ0) is 17.7. The first-order valence-corrected chi connectivity index (χ1v) is 10.1. The van der Waals surface area contributed by atoms with Crippen molar-refractivity contribution < 1.29 is 5.11 Å². The molecule has 0 amide bonds. The van der Waals surface area contributed by atoms with E-state index in [1.165, 1.54) is 25.7 Å². The molecular formula is C20H39N3O. The summed E-state index contributed by atoms with van der Waals surface area (Å²) in [5.41, 5.74) is 7.82. The zero-order valence-electron chi connectivity index (χ0n) is 16.6. The van der Waals surface area contributed by atoms with Gasteiger partial charge in [-0.2, -0.15) is 5.12 Å². The number of nitrogens with one attached hydrogen (secondary N) is 2. The van der Waals surface area contributed by atoms with Gasteiger partial charge < -0.3 is 5.11 Å². The summed E-state index contributed by atoms with van der Waals surface area (Å²) < 4.78 is 0. The first kappa shape index (κ1) is 18.6. The Morgan fingerprint density at radius 2 is 1.38 bits per heavy atom. The Hall–Kier alpha value is -0.160. The lowest BCUT2D eigenvalue weighted by atomic mass is 9.60. The average molecular weight is 338 g/mol. The molecule has 0 aromatic carbocycles. The molecule has 1 aliphatic heterocycles. The van der Waals surface area contributed by atoms with E-state index in [9.17, 15) is 5.11 Å². The third kappa shape index (κ3) is 3.67. The maximum absolute atomic E-state index is 11.2. The SMILES string of the molecule is CC(C)(C)C1CC(N2NC3CCCCC3N2)C(O)C(C(C)(C)C)C1. The summed E-state index contributed by atoms with van der Waals surface area (Å²) in [5.74, 6) is 0.980. The minimum atomic E-state index is -0.274.